The Hall–Kier alpha value is -1.22. The van der Waals surface area contributed by atoms with Crippen LogP contribution in [0.15, 0.2) is 23.4 Å². The SMILES string of the molecule is Nc1cncc(S(=O)(=O)NCCOCCO)c1. The highest BCUT2D eigenvalue weighted by molar-refractivity contribution is 7.89. The summed E-state index contributed by atoms with van der Waals surface area (Å²) < 4.78 is 30.7. The third-order valence-electron chi connectivity index (χ3n) is 1.82. The average Bonchev–Trinajstić information content (AvgIpc) is 2.29. The fourth-order valence-electron chi connectivity index (χ4n) is 1.08. The number of nitrogen functional groups attached to an aromatic ring is 1. The Bertz CT molecular complexity index is 449. The van der Waals surface area contributed by atoms with Crippen LogP contribution in [0.5, 0.6) is 0 Å². The molecule has 7 nitrogen and oxygen atoms in total. The van der Waals surface area contributed by atoms with Crippen LogP contribution < -0.4 is 10.5 Å². The van der Waals surface area contributed by atoms with Gasteiger partial charge in [0, 0.05) is 18.9 Å². The number of pyridine rings is 1. The minimum atomic E-state index is -3.60. The molecule has 1 aromatic rings. The van der Waals surface area contributed by atoms with Gasteiger partial charge in [-0.15, -0.1) is 0 Å². The maximum absolute atomic E-state index is 11.7. The van der Waals surface area contributed by atoms with E-state index in [1.165, 1.54) is 18.5 Å². The van der Waals surface area contributed by atoms with Gasteiger partial charge in [0.15, 0.2) is 0 Å². The molecule has 0 aliphatic carbocycles. The first-order valence-corrected chi connectivity index (χ1v) is 6.43. The van der Waals surface area contributed by atoms with Crippen molar-refractivity contribution < 1.29 is 18.3 Å². The minimum Gasteiger partial charge on any atom is -0.397 e. The van der Waals surface area contributed by atoms with Crippen LogP contribution in [0.25, 0.3) is 0 Å². The summed E-state index contributed by atoms with van der Waals surface area (Å²) in [6.45, 7) is 0.403. The lowest BCUT2D eigenvalue weighted by Gasteiger charge is -2.07. The molecule has 4 N–H and O–H groups in total. The van der Waals surface area contributed by atoms with E-state index < -0.39 is 10.0 Å². The van der Waals surface area contributed by atoms with Gasteiger partial charge in [0.1, 0.15) is 4.90 Å². The molecule has 0 bridgehead atoms. The Kier molecular flexibility index (Phi) is 5.29. The van der Waals surface area contributed by atoms with Gasteiger partial charge in [-0.1, -0.05) is 0 Å². The monoisotopic (exact) mass is 261 g/mol. The number of nitrogens with one attached hydrogen (secondary N) is 1. The number of ether oxygens (including phenoxy) is 1. The molecule has 0 fully saturated rings. The van der Waals surface area contributed by atoms with Crippen LogP contribution in [-0.4, -0.2) is 44.9 Å². The fraction of sp³-hybridized carbons (Fsp3) is 0.444. The normalized spacial score (nSPS) is 11.6. The molecule has 17 heavy (non-hydrogen) atoms. The van der Waals surface area contributed by atoms with E-state index in [1.54, 1.807) is 0 Å². The van der Waals surface area contributed by atoms with Gasteiger partial charge in [0.2, 0.25) is 10.0 Å². The van der Waals surface area contributed by atoms with Crippen molar-refractivity contribution in [2.24, 2.45) is 0 Å². The number of rotatable bonds is 7. The van der Waals surface area contributed by atoms with E-state index in [-0.39, 0.29) is 36.9 Å². The second kappa shape index (κ2) is 6.50. The number of sulfonamides is 1. The highest BCUT2D eigenvalue weighted by atomic mass is 32.2. The molecule has 1 heterocycles. The largest absolute Gasteiger partial charge is 0.397 e. The van der Waals surface area contributed by atoms with Crippen molar-refractivity contribution in [3.05, 3.63) is 18.5 Å². The standard InChI is InChI=1S/C9H15N3O4S/c10-8-5-9(7-11-6-8)17(14,15)12-1-3-16-4-2-13/h5-7,12-13H,1-4,10H2. The van der Waals surface area contributed by atoms with Crippen molar-refractivity contribution in [1.82, 2.24) is 9.71 Å². The molecule has 1 aromatic heterocycles. The van der Waals surface area contributed by atoms with Crippen LogP contribution in [-0.2, 0) is 14.8 Å². The highest BCUT2D eigenvalue weighted by Gasteiger charge is 2.13. The van der Waals surface area contributed by atoms with Crippen LogP contribution in [0.4, 0.5) is 5.69 Å². The van der Waals surface area contributed by atoms with Crippen LogP contribution in [0.3, 0.4) is 0 Å². The maximum atomic E-state index is 11.7. The lowest BCUT2D eigenvalue weighted by molar-refractivity contribution is 0.0961. The molecule has 0 unspecified atom stereocenters. The first-order chi connectivity index (χ1) is 8.06. The maximum Gasteiger partial charge on any atom is 0.242 e. The number of aliphatic hydroxyl groups excluding tert-OH is 1. The quantitative estimate of drug-likeness (QED) is 0.540. The minimum absolute atomic E-state index is 0.0136. The van der Waals surface area contributed by atoms with E-state index in [9.17, 15) is 8.42 Å². The van der Waals surface area contributed by atoms with Gasteiger partial charge in [0.25, 0.3) is 0 Å². The van der Waals surface area contributed by atoms with Crippen LogP contribution >= 0.6 is 0 Å². The van der Waals surface area contributed by atoms with E-state index in [0.717, 1.165) is 0 Å². The van der Waals surface area contributed by atoms with E-state index in [4.69, 9.17) is 15.6 Å². The van der Waals surface area contributed by atoms with Crippen molar-refractivity contribution in [3.8, 4) is 0 Å². The van der Waals surface area contributed by atoms with Crippen LogP contribution in [0, 0.1) is 0 Å². The van der Waals surface area contributed by atoms with Gasteiger partial charge in [0.05, 0.1) is 25.5 Å². The van der Waals surface area contributed by atoms with Gasteiger partial charge in [-0.3, -0.25) is 4.98 Å². The van der Waals surface area contributed by atoms with Crippen molar-refractivity contribution in [2.75, 3.05) is 32.1 Å². The van der Waals surface area contributed by atoms with Crippen molar-refractivity contribution in [3.63, 3.8) is 0 Å². The molecule has 0 amide bonds. The molecule has 96 valence electrons. The van der Waals surface area contributed by atoms with Crippen molar-refractivity contribution >= 4 is 15.7 Å². The lowest BCUT2D eigenvalue weighted by Crippen LogP contribution is -2.28. The van der Waals surface area contributed by atoms with E-state index >= 15 is 0 Å². The predicted octanol–water partition coefficient (Wildman–Crippen LogP) is -1.05. The van der Waals surface area contributed by atoms with Crippen LogP contribution in [0.1, 0.15) is 0 Å². The molecule has 1 rings (SSSR count). The second-order valence-electron chi connectivity index (χ2n) is 3.19. The molecule has 0 aliphatic heterocycles. The third kappa shape index (κ3) is 4.65. The molecule has 0 aromatic carbocycles. The second-order valence-corrected chi connectivity index (χ2v) is 4.95. The highest BCUT2D eigenvalue weighted by Crippen LogP contribution is 2.09. The lowest BCUT2D eigenvalue weighted by atomic mass is 10.4. The van der Waals surface area contributed by atoms with E-state index in [0.29, 0.717) is 0 Å². The van der Waals surface area contributed by atoms with Gasteiger partial charge < -0.3 is 15.6 Å². The third-order valence-corrected chi connectivity index (χ3v) is 3.25. The van der Waals surface area contributed by atoms with Crippen molar-refractivity contribution in [1.29, 1.82) is 0 Å². The Balaban J connectivity index is 2.51. The fourth-order valence-corrected chi connectivity index (χ4v) is 2.09. The van der Waals surface area contributed by atoms with Crippen LogP contribution in [0.2, 0.25) is 0 Å². The van der Waals surface area contributed by atoms with E-state index in [2.05, 4.69) is 9.71 Å². The first kappa shape index (κ1) is 13.8. The first-order valence-electron chi connectivity index (χ1n) is 4.95. The molecule has 0 saturated carbocycles. The molecule has 0 saturated heterocycles. The Morgan fingerprint density at radius 3 is 2.82 bits per heavy atom. The van der Waals surface area contributed by atoms with E-state index in [1.807, 2.05) is 0 Å². The Morgan fingerprint density at radius 2 is 2.18 bits per heavy atom. The zero-order valence-corrected chi connectivity index (χ0v) is 9.98. The smallest absolute Gasteiger partial charge is 0.242 e. The number of hydrogen-bond acceptors (Lipinski definition) is 6. The molecule has 0 spiro atoms. The summed E-state index contributed by atoms with van der Waals surface area (Å²) in [4.78, 5) is 3.71. The van der Waals surface area contributed by atoms with Gasteiger partial charge in [-0.2, -0.15) is 0 Å². The molecular weight excluding hydrogens is 246 g/mol. The summed E-state index contributed by atoms with van der Waals surface area (Å²) in [6, 6.07) is 1.32. The number of aliphatic hydroxyl groups is 1. The molecule has 8 heteroatoms. The summed E-state index contributed by atoms with van der Waals surface area (Å²) in [5.41, 5.74) is 5.72. The predicted molar refractivity (Wildman–Crippen MR) is 61.7 cm³/mol. The molecule has 0 aliphatic rings. The number of anilines is 1. The van der Waals surface area contributed by atoms with Gasteiger partial charge in [-0.05, 0) is 6.07 Å². The van der Waals surface area contributed by atoms with Crippen molar-refractivity contribution in [2.45, 2.75) is 4.90 Å². The molecular formula is C9H15N3O4S. The summed E-state index contributed by atoms with van der Waals surface area (Å²) in [6.07, 6.45) is 2.58. The number of nitrogens with zero attached hydrogens (tertiary/aromatic N) is 1. The zero-order valence-electron chi connectivity index (χ0n) is 9.17. The van der Waals surface area contributed by atoms with Gasteiger partial charge >= 0.3 is 0 Å². The number of nitrogens with two attached hydrogens (primary N) is 1. The Morgan fingerprint density at radius 1 is 1.41 bits per heavy atom. The summed E-state index contributed by atoms with van der Waals surface area (Å²) in [5.74, 6) is 0. The summed E-state index contributed by atoms with van der Waals surface area (Å²) in [7, 11) is -3.60. The summed E-state index contributed by atoms with van der Waals surface area (Å²) in [5, 5.41) is 8.45. The Labute approximate surface area is 99.7 Å². The summed E-state index contributed by atoms with van der Waals surface area (Å²) >= 11 is 0. The topological polar surface area (TPSA) is 115 Å². The number of aromatic nitrogens is 1. The average molecular weight is 261 g/mol. The molecule has 0 radical (unpaired) electrons. The molecule has 0 atom stereocenters. The number of hydrogen-bond donors (Lipinski definition) is 3. The van der Waals surface area contributed by atoms with Gasteiger partial charge in [-0.25, -0.2) is 13.1 Å². The zero-order chi connectivity index (χ0) is 12.7.